The lowest BCUT2D eigenvalue weighted by molar-refractivity contribution is -0.139. The zero-order chi connectivity index (χ0) is 12.1. The third-order valence-electron chi connectivity index (χ3n) is 2.75. The van der Waals surface area contributed by atoms with Crippen molar-refractivity contribution in [1.82, 2.24) is 10.6 Å². The van der Waals surface area contributed by atoms with Crippen molar-refractivity contribution in [1.29, 1.82) is 0 Å². The predicted molar refractivity (Wildman–Crippen MR) is 60.2 cm³/mol. The van der Waals surface area contributed by atoms with Crippen LogP contribution in [-0.4, -0.2) is 29.2 Å². The highest BCUT2D eigenvalue weighted by molar-refractivity contribution is 5.82. The van der Waals surface area contributed by atoms with Gasteiger partial charge in [-0.2, -0.15) is 0 Å². The summed E-state index contributed by atoms with van der Waals surface area (Å²) in [4.78, 5) is 22.4. The number of aliphatic carboxylic acids is 1. The summed E-state index contributed by atoms with van der Waals surface area (Å²) in [6.45, 7) is 3.86. The second-order valence-electron chi connectivity index (χ2n) is 4.77. The molecule has 0 bridgehead atoms. The van der Waals surface area contributed by atoms with E-state index in [1.54, 1.807) is 0 Å². The molecule has 0 radical (unpaired) electrons. The Morgan fingerprint density at radius 1 is 1.38 bits per heavy atom. The quantitative estimate of drug-likeness (QED) is 0.664. The Bertz CT molecular complexity index is 262. The molecule has 3 N–H and O–H groups in total. The van der Waals surface area contributed by atoms with Crippen LogP contribution in [0.3, 0.4) is 0 Å². The molecule has 1 saturated carbocycles. The molecule has 0 aromatic heterocycles. The third-order valence-corrected chi connectivity index (χ3v) is 2.75. The van der Waals surface area contributed by atoms with Gasteiger partial charge in [0.2, 0.25) is 0 Å². The first-order valence-corrected chi connectivity index (χ1v) is 5.79. The fourth-order valence-corrected chi connectivity index (χ4v) is 1.63. The van der Waals surface area contributed by atoms with Crippen molar-refractivity contribution in [2.45, 2.75) is 51.6 Å². The smallest absolute Gasteiger partial charge is 0.326 e. The molecular weight excluding hydrogens is 208 g/mol. The molecule has 0 aromatic rings. The molecule has 5 nitrogen and oxygen atoms in total. The van der Waals surface area contributed by atoms with E-state index in [1.165, 1.54) is 0 Å². The lowest BCUT2D eigenvalue weighted by atomic mass is 9.93. The topological polar surface area (TPSA) is 78.4 Å². The molecular formula is C11H20N2O3. The summed E-state index contributed by atoms with van der Waals surface area (Å²) >= 11 is 0. The fourth-order valence-electron chi connectivity index (χ4n) is 1.63. The Kier molecular flexibility index (Phi) is 4.58. The summed E-state index contributed by atoms with van der Waals surface area (Å²) in [5, 5.41) is 14.2. The third kappa shape index (κ3) is 4.08. The molecule has 0 heterocycles. The molecule has 5 heteroatoms. The van der Waals surface area contributed by atoms with Crippen LogP contribution in [0.5, 0.6) is 0 Å². The van der Waals surface area contributed by atoms with Gasteiger partial charge in [-0.15, -0.1) is 0 Å². The van der Waals surface area contributed by atoms with Crippen molar-refractivity contribution in [3.05, 3.63) is 0 Å². The van der Waals surface area contributed by atoms with Crippen molar-refractivity contribution in [2.24, 2.45) is 5.92 Å². The van der Waals surface area contributed by atoms with E-state index < -0.39 is 12.0 Å². The molecule has 1 unspecified atom stereocenters. The number of amides is 2. The Hall–Kier alpha value is -1.26. The Labute approximate surface area is 95.6 Å². The second-order valence-corrected chi connectivity index (χ2v) is 4.77. The minimum Gasteiger partial charge on any atom is -0.480 e. The minimum atomic E-state index is -0.975. The molecule has 0 saturated heterocycles. The van der Waals surface area contributed by atoms with Gasteiger partial charge in [0.15, 0.2) is 0 Å². The number of carbonyl (C=O) groups excluding carboxylic acids is 1. The lowest BCUT2D eigenvalue weighted by Crippen LogP contribution is -2.50. The summed E-state index contributed by atoms with van der Waals surface area (Å²) in [7, 11) is 0. The van der Waals surface area contributed by atoms with Gasteiger partial charge in [0.25, 0.3) is 0 Å². The molecule has 2 amide bonds. The molecule has 16 heavy (non-hydrogen) atoms. The molecule has 0 aliphatic heterocycles. The number of urea groups is 1. The average molecular weight is 228 g/mol. The molecule has 0 aromatic carbocycles. The van der Waals surface area contributed by atoms with Crippen LogP contribution in [-0.2, 0) is 4.79 Å². The summed E-state index contributed by atoms with van der Waals surface area (Å²) in [5.74, 6) is -0.734. The first-order valence-electron chi connectivity index (χ1n) is 5.79. The number of carbonyl (C=O) groups is 2. The summed E-state index contributed by atoms with van der Waals surface area (Å²) in [6, 6.07) is -0.925. The van der Waals surface area contributed by atoms with Crippen LogP contribution in [0.4, 0.5) is 4.79 Å². The highest BCUT2D eigenvalue weighted by Gasteiger charge is 2.24. The number of nitrogens with one attached hydrogen (secondary N) is 2. The van der Waals surface area contributed by atoms with Gasteiger partial charge in [-0.3, -0.25) is 0 Å². The SMILES string of the molecule is CC(C)CC(NC(=O)NC1CCC1)C(=O)O. The minimum absolute atomic E-state index is 0.230. The maximum Gasteiger partial charge on any atom is 0.326 e. The Morgan fingerprint density at radius 3 is 2.38 bits per heavy atom. The number of rotatable bonds is 5. The largest absolute Gasteiger partial charge is 0.480 e. The van der Waals surface area contributed by atoms with Gasteiger partial charge in [0, 0.05) is 6.04 Å². The van der Waals surface area contributed by atoms with Crippen LogP contribution < -0.4 is 10.6 Å². The predicted octanol–water partition coefficient (Wildman–Crippen LogP) is 1.34. The van der Waals surface area contributed by atoms with E-state index in [0.29, 0.717) is 6.42 Å². The zero-order valence-electron chi connectivity index (χ0n) is 9.82. The number of carboxylic acids is 1. The zero-order valence-corrected chi connectivity index (χ0v) is 9.82. The van der Waals surface area contributed by atoms with E-state index in [9.17, 15) is 9.59 Å². The van der Waals surface area contributed by atoms with Crippen molar-refractivity contribution >= 4 is 12.0 Å². The lowest BCUT2D eigenvalue weighted by Gasteiger charge is -2.27. The molecule has 0 spiro atoms. The number of hydrogen-bond acceptors (Lipinski definition) is 2. The normalized spacial score (nSPS) is 17.7. The van der Waals surface area contributed by atoms with Gasteiger partial charge >= 0.3 is 12.0 Å². The van der Waals surface area contributed by atoms with Gasteiger partial charge < -0.3 is 15.7 Å². The van der Waals surface area contributed by atoms with E-state index in [4.69, 9.17) is 5.11 Å². The molecule has 92 valence electrons. The van der Waals surface area contributed by atoms with Crippen molar-refractivity contribution in [3.8, 4) is 0 Å². The van der Waals surface area contributed by atoms with Gasteiger partial charge in [0.1, 0.15) is 6.04 Å². The highest BCUT2D eigenvalue weighted by atomic mass is 16.4. The van der Waals surface area contributed by atoms with E-state index in [1.807, 2.05) is 13.8 Å². The standard InChI is InChI=1S/C11H20N2O3/c1-7(2)6-9(10(14)15)13-11(16)12-8-4-3-5-8/h7-9H,3-6H2,1-2H3,(H,14,15)(H2,12,13,16). The Morgan fingerprint density at radius 2 is 2.00 bits per heavy atom. The van der Waals surface area contributed by atoms with Crippen LogP contribution in [0, 0.1) is 5.92 Å². The Balaban J connectivity index is 2.34. The molecule has 1 aliphatic carbocycles. The van der Waals surface area contributed by atoms with Gasteiger partial charge in [0.05, 0.1) is 0 Å². The second kappa shape index (κ2) is 5.72. The van der Waals surface area contributed by atoms with Crippen LogP contribution in [0.2, 0.25) is 0 Å². The number of hydrogen-bond donors (Lipinski definition) is 3. The maximum absolute atomic E-state index is 11.5. The monoisotopic (exact) mass is 228 g/mol. The summed E-state index contributed by atoms with van der Waals surface area (Å²) in [6.07, 6.45) is 3.58. The van der Waals surface area contributed by atoms with Crippen molar-refractivity contribution in [3.63, 3.8) is 0 Å². The van der Waals surface area contributed by atoms with E-state index >= 15 is 0 Å². The van der Waals surface area contributed by atoms with E-state index in [2.05, 4.69) is 10.6 Å². The van der Waals surface area contributed by atoms with Crippen LogP contribution >= 0.6 is 0 Å². The van der Waals surface area contributed by atoms with Gasteiger partial charge in [-0.25, -0.2) is 9.59 Å². The average Bonchev–Trinajstić information content (AvgIpc) is 2.09. The first kappa shape index (κ1) is 12.8. The van der Waals surface area contributed by atoms with Crippen LogP contribution in [0.15, 0.2) is 0 Å². The van der Waals surface area contributed by atoms with Crippen LogP contribution in [0.1, 0.15) is 39.5 Å². The maximum atomic E-state index is 11.5. The highest BCUT2D eigenvalue weighted by Crippen LogP contribution is 2.17. The van der Waals surface area contributed by atoms with Gasteiger partial charge in [-0.05, 0) is 31.6 Å². The first-order chi connectivity index (χ1) is 7.49. The van der Waals surface area contributed by atoms with Crippen LogP contribution in [0.25, 0.3) is 0 Å². The van der Waals surface area contributed by atoms with Crippen molar-refractivity contribution < 1.29 is 14.7 Å². The summed E-state index contributed by atoms with van der Waals surface area (Å²) in [5.41, 5.74) is 0. The number of carboxylic acid groups (broad SMARTS) is 1. The van der Waals surface area contributed by atoms with Gasteiger partial charge in [-0.1, -0.05) is 13.8 Å². The van der Waals surface area contributed by atoms with Crippen molar-refractivity contribution in [2.75, 3.05) is 0 Å². The molecule has 1 rings (SSSR count). The molecule has 1 atom stereocenters. The summed E-state index contributed by atoms with van der Waals surface area (Å²) < 4.78 is 0. The fraction of sp³-hybridized carbons (Fsp3) is 0.818. The molecule has 1 fully saturated rings. The van der Waals surface area contributed by atoms with E-state index in [0.717, 1.165) is 19.3 Å². The van der Waals surface area contributed by atoms with E-state index in [-0.39, 0.29) is 18.0 Å². The molecule has 1 aliphatic rings.